The summed E-state index contributed by atoms with van der Waals surface area (Å²) in [5.74, 6) is -1.41. The van der Waals surface area contributed by atoms with Gasteiger partial charge in [-0.2, -0.15) is 13.2 Å². The monoisotopic (exact) mass is 383 g/mol. The minimum atomic E-state index is -4.79. The number of anilines is 1. The molecule has 0 fully saturated rings. The van der Waals surface area contributed by atoms with Crippen LogP contribution in [0.25, 0.3) is 11.0 Å². The molecule has 5 nitrogen and oxygen atoms in total. The molecule has 0 aliphatic heterocycles. The van der Waals surface area contributed by atoms with E-state index in [0.29, 0.717) is 6.07 Å². The molecule has 0 aliphatic rings. The van der Waals surface area contributed by atoms with E-state index in [-0.39, 0.29) is 21.6 Å². The van der Waals surface area contributed by atoms with Crippen LogP contribution in [0, 0.1) is 6.92 Å². The second-order valence-electron chi connectivity index (χ2n) is 5.60. The van der Waals surface area contributed by atoms with Gasteiger partial charge in [0.05, 0.1) is 10.3 Å². The number of alkyl halides is 3. The van der Waals surface area contributed by atoms with E-state index in [1.165, 1.54) is 18.2 Å². The van der Waals surface area contributed by atoms with Crippen molar-refractivity contribution in [2.45, 2.75) is 18.0 Å². The second kappa shape index (κ2) is 6.17. The lowest BCUT2D eigenvalue weighted by Gasteiger charge is -2.10. The molecule has 0 radical (unpaired) electrons. The maximum Gasteiger partial charge on any atom is 0.449 e. The molecule has 0 amide bonds. The number of aryl methyl sites for hydroxylation is 1. The first kappa shape index (κ1) is 18.0. The third-order valence-corrected chi connectivity index (χ3v) is 4.99. The van der Waals surface area contributed by atoms with Crippen LogP contribution in [0.1, 0.15) is 11.3 Å². The summed E-state index contributed by atoms with van der Waals surface area (Å²) in [6, 6.07) is 9.89. The highest BCUT2D eigenvalue weighted by Crippen LogP contribution is 2.30. The molecule has 9 heteroatoms. The van der Waals surface area contributed by atoms with Gasteiger partial charge in [0.25, 0.3) is 10.0 Å². The highest BCUT2D eigenvalue weighted by molar-refractivity contribution is 7.92. The first-order valence-corrected chi connectivity index (χ1v) is 8.79. The average molecular weight is 383 g/mol. The topological polar surface area (TPSA) is 76.4 Å². The van der Waals surface area contributed by atoms with Crippen LogP contribution in [-0.4, -0.2) is 8.42 Å². The van der Waals surface area contributed by atoms with E-state index in [2.05, 4.69) is 9.14 Å². The van der Waals surface area contributed by atoms with Crippen molar-refractivity contribution in [3.8, 4) is 0 Å². The lowest BCUT2D eigenvalue weighted by Crippen LogP contribution is -2.14. The smallest absolute Gasteiger partial charge is 0.449 e. The Morgan fingerprint density at radius 1 is 1.00 bits per heavy atom. The molecule has 3 rings (SSSR count). The van der Waals surface area contributed by atoms with Gasteiger partial charge in [-0.15, -0.1) is 0 Å². The summed E-state index contributed by atoms with van der Waals surface area (Å²) in [7, 11) is -3.91. The molecule has 0 spiro atoms. The second-order valence-corrected chi connectivity index (χ2v) is 7.28. The van der Waals surface area contributed by atoms with E-state index in [0.717, 1.165) is 17.7 Å². The SMILES string of the molecule is Cc1ccc(S(=O)(=O)Nc2ccc3oc(C(F)(F)F)cc(=O)c3c2)cc1. The minimum absolute atomic E-state index is 0.0163. The van der Waals surface area contributed by atoms with Crippen LogP contribution in [0.3, 0.4) is 0 Å². The predicted octanol–water partition coefficient (Wildman–Crippen LogP) is 3.92. The lowest BCUT2D eigenvalue weighted by atomic mass is 10.2. The fourth-order valence-electron chi connectivity index (χ4n) is 2.29. The molecule has 0 bridgehead atoms. The van der Waals surface area contributed by atoms with E-state index in [1.54, 1.807) is 12.1 Å². The molecule has 0 saturated carbocycles. The molecule has 2 aromatic carbocycles. The normalized spacial score (nSPS) is 12.3. The quantitative estimate of drug-likeness (QED) is 0.744. The number of hydrogen-bond acceptors (Lipinski definition) is 4. The molecule has 136 valence electrons. The van der Waals surface area contributed by atoms with Crippen molar-refractivity contribution in [2.24, 2.45) is 0 Å². The summed E-state index contributed by atoms with van der Waals surface area (Å²) >= 11 is 0. The Morgan fingerprint density at radius 2 is 1.65 bits per heavy atom. The maximum absolute atomic E-state index is 12.7. The van der Waals surface area contributed by atoms with Crippen LogP contribution >= 0.6 is 0 Å². The molecule has 1 heterocycles. The summed E-state index contributed by atoms with van der Waals surface area (Å²) in [6.07, 6.45) is -4.79. The summed E-state index contributed by atoms with van der Waals surface area (Å²) in [5.41, 5.74) is -0.295. The fourth-order valence-corrected chi connectivity index (χ4v) is 3.34. The van der Waals surface area contributed by atoms with Crippen LogP contribution in [0.15, 0.2) is 62.6 Å². The van der Waals surface area contributed by atoms with E-state index in [9.17, 15) is 26.4 Å². The largest absolute Gasteiger partial charge is 0.451 e. The van der Waals surface area contributed by atoms with Gasteiger partial charge in [0.2, 0.25) is 5.76 Å². The van der Waals surface area contributed by atoms with E-state index in [1.807, 2.05) is 6.92 Å². The Labute approximate surface area is 146 Å². The molecule has 0 unspecified atom stereocenters. The first-order valence-electron chi connectivity index (χ1n) is 7.31. The molecule has 1 N–H and O–H groups in total. The van der Waals surface area contributed by atoms with Crippen molar-refractivity contribution in [2.75, 3.05) is 4.72 Å². The van der Waals surface area contributed by atoms with Gasteiger partial charge in [-0.3, -0.25) is 9.52 Å². The predicted molar refractivity (Wildman–Crippen MR) is 89.5 cm³/mol. The highest BCUT2D eigenvalue weighted by Gasteiger charge is 2.35. The van der Waals surface area contributed by atoms with Crippen molar-refractivity contribution in [1.82, 2.24) is 0 Å². The van der Waals surface area contributed by atoms with Crippen molar-refractivity contribution in [1.29, 1.82) is 0 Å². The Morgan fingerprint density at radius 3 is 2.27 bits per heavy atom. The number of fused-ring (bicyclic) bond motifs is 1. The number of nitrogens with one attached hydrogen (secondary N) is 1. The van der Waals surface area contributed by atoms with Crippen LogP contribution < -0.4 is 10.2 Å². The number of hydrogen-bond donors (Lipinski definition) is 1. The van der Waals surface area contributed by atoms with Gasteiger partial charge in [-0.1, -0.05) is 17.7 Å². The Hall–Kier alpha value is -2.81. The highest BCUT2D eigenvalue weighted by atomic mass is 32.2. The van der Waals surface area contributed by atoms with Crippen molar-refractivity contribution in [3.05, 3.63) is 70.1 Å². The third-order valence-electron chi connectivity index (χ3n) is 3.59. The van der Waals surface area contributed by atoms with Crippen LogP contribution in [0.4, 0.5) is 18.9 Å². The van der Waals surface area contributed by atoms with Gasteiger partial charge in [-0.25, -0.2) is 8.42 Å². The van der Waals surface area contributed by atoms with Crippen LogP contribution in [0.5, 0.6) is 0 Å². The molecule has 1 aromatic heterocycles. The van der Waals surface area contributed by atoms with Gasteiger partial charge in [0.15, 0.2) is 5.43 Å². The molecule has 0 aliphatic carbocycles. The summed E-state index contributed by atoms with van der Waals surface area (Å²) in [4.78, 5) is 12.0. The van der Waals surface area contributed by atoms with Crippen LogP contribution in [-0.2, 0) is 16.2 Å². The van der Waals surface area contributed by atoms with Crippen molar-refractivity contribution >= 4 is 26.7 Å². The Bertz CT molecular complexity index is 1130. The minimum Gasteiger partial charge on any atom is -0.451 e. The maximum atomic E-state index is 12.7. The van der Waals surface area contributed by atoms with Gasteiger partial charge >= 0.3 is 6.18 Å². The van der Waals surface area contributed by atoms with E-state index >= 15 is 0 Å². The molecular formula is C17H12F3NO4S. The summed E-state index contributed by atoms with van der Waals surface area (Å²) in [6.45, 7) is 1.81. The van der Waals surface area contributed by atoms with E-state index in [4.69, 9.17) is 0 Å². The number of halogens is 3. The fraction of sp³-hybridized carbons (Fsp3) is 0.118. The lowest BCUT2D eigenvalue weighted by molar-refractivity contribution is -0.152. The van der Waals surface area contributed by atoms with Crippen molar-refractivity contribution < 1.29 is 26.0 Å². The third kappa shape index (κ3) is 3.57. The molecule has 0 saturated heterocycles. The molecular weight excluding hydrogens is 371 g/mol. The molecule has 26 heavy (non-hydrogen) atoms. The van der Waals surface area contributed by atoms with Gasteiger partial charge in [-0.05, 0) is 37.3 Å². The Kier molecular flexibility index (Phi) is 4.27. The van der Waals surface area contributed by atoms with E-state index < -0.39 is 27.4 Å². The number of benzene rings is 2. The average Bonchev–Trinajstić information content (AvgIpc) is 2.54. The van der Waals surface area contributed by atoms with Gasteiger partial charge in [0.1, 0.15) is 5.58 Å². The zero-order valence-corrected chi connectivity index (χ0v) is 14.1. The Balaban J connectivity index is 2.01. The molecule has 3 aromatic rings. The van der Waals surface area contributed by atoms with Gasteiger partial charge in [0, 0.05) is 11.8 Å². The summed E-state index contributed by atoms with van der Waals surface area (Å²) in [5, 5.41) is -0.165. The standard InChI is InChI=1S/C17H12F3NO4S/c1-10-2-5-12(6-3-10)26(23,24)21-11-4-7-15-13(8-11)14(22)9-16(25-15)17(18,19)20/h2-9,21H,1H3. The van der Waals surface area contributed by atoms with Gasteiger partial charge < -0.3 is 4.42 Å². The summed E-state index contributed by atoms with van der Waals surface area (Å²) < 4.78 is 69.8. The van der Waals surface area contributed by atoms with Crippen LogP contribution in [0.2, 0.25) is 0 Å². The first-order chi connectivity index (χ1) is 12.1. The zero-order chi connectivity index (χ0) is 19.1. The number of rotatable bonds is 3. The number of sulfonamides is 1. The molecule has 0 atom stereocenters. The zero-order valence-electron chi connectivity index (χ0n) is 13.3. The van der Waals surface area contributed by atoms with Crippen molar-refractivity contribution in [3.63, 3.8) is 0 Å².